The van der Waals surface area contributed by atoms with Gasteiger partial charge in [0.2, 0.25) is 0 Å². The molecule has 0 aromatic carbocycles. The van der Waals surface area contributed by atoms with E-state index < -0.39 is 6.67 Å². The van der Waals surface area contributed by atoms with Gasteiger partial charge in [-0.05, 0) is 33.8 Å². The quantitative estimate of drug-likeness (QED) is 0.467. The highest BCUT2D eigenvalue weighted by Gasteiger charge is 1.98. The zero-order valence-electron chi connectivity index (χ0n) is 8.23. The van der Waals surface area contributed by atoms with Crippen molar-refractivity contribution in [2.45, 2.75) is 33.8 Å². The Balaban J connectivity index is 4.14. The zero-order chi connectivity index (χ0) is 9.56. The summed E-state index contributed by atoms with van der Waals surface area (Å²) in [5.74, 6) is 0.395. The van der Waals surface area contributed by atoms with Crippen LogP contribution in [0.2, 0.25) is 0 Å². The average Bonchev–Trinajstić information content (AvgIpc) is 1.97. The van der Waals surface area contributed by atoms with Gasteiger partial charge in [-0.3, -0.25) is 0 Å². The molecule has 0 bridgehead atoms. The van der Waals surface area contributed by atoms with Gasteiger partial charge in [-0.25, -0.2) is 4.39 Å². The molecule has 0 spiro atoms. The number of hydrogen-bond donors (Lipinski definition) is 0. The summed E-state index contributed by atoms with van der Waals surface area (Å²) in [6.45, 7) is 7.14. The molecule has 0 aliphatic rings. The summed E-state index contributed by atoms with van der Waals surface area (Å²) in [5.41, 5.74) is 1.13. The summed E-state index contributed by atoms with van der Waals surface area (Å²) in [5, 5.41) is 0. The van der Waals surface area contributed by atoms with Gasteiger partial charge in [-0.2, -0.15) is 0 Å². The predicted octanol–water partition coefficient (Wildman–Crippen LogP) is 3.23. The molecule has 0 fully saturated rings. The second kappa shape index (κ2) is 5.81. The molecular weight excluding hydrogens is 155 g/mol. The molecule has 1 nitrogen and oxygen atoms in total. The van der Waals surface area contributed by atoms with Crippen LogP contribution in [0.25, 0.3) is 0 Å². The maximum Gasteiger partial charge on any atom is 0.147 e. The normalized spacial score (nSPS) is 11.7. The van der Waals surface area contributed by atoms with Crippen LogP contribution in [0.5, 0.6) is 0 Å². The Bertz CT molecular complexity index is 176. The number of ether oxygens (including phenoxy) is 1. The molecule has 12 heavy (non-hydrogen) atoms. The largest absolute Gasteiger partial charge is 0.493 e. The Morgan fingerprint density at radius 2 is 1.92 bits per heavy atom. The third kappa shape index (κ3) is 5.96. The molecule has 0 aliphatic carbocycles. The predicted molar refractivity (Wildman–Crippen MR) is 49.7 cm³/mol. The van der Waals surface area contributed by atoms with Crippen molar-refractivity contribution < 1.29 is 9.13 Å². The third-order valence-corrected chi connectivity index (χ3v) is 1.12. The molecule has 0 aliphatic heterocycles. The number of hydrogen-bond acceptors (Lipinski definition) is 1. The summed E-state index contributed by atoms with van der Waals surface area (Å²) in [7, 11) is 0. The van der Waals surface area contributed by atoms with E-state index in [2.05, 4.69) is 0 Å². The maximum absolute atomic E-state index is 12.2. The second-order valence-electron chi connectivity index (χ2n) is 3.18. The van der Waals surface area contributed by atoms with Crippen LogP contribution in [0.1, 0.15) is 27.7 Å². The standard InChI is InChI=1S/C10H17FO/c1-8(2)5-6-10(7-11)12-9(3)4/h5-6,9H,7H2,1-4H3/b10-6+. The molecule has 0 saturated carbocycles. The van der Waals surface area contributed by atoms with E-state index >= 15 is 0 Å². The Labute approximate surface area is 73.9 Å². The van der Waals surface area contributed by atoms with Crippen molar-refractivity contribution in [3.8, 4) is 0 Å². The highest BCUT2D eigenvalue weighted by Crippen LogP contribution is 2.04. The first kappa shape index (κ1) is 11.2. The van der Waals surface area contributed by atoms with Crippen LogP contribution < -0.4 is 0 Å². The van der Waals surface area contributed by atoms with Gasteiger partial charge in [0.05, 0.1) is 6.10 Å². The fraction of sp³-hybridized carbons (Fsp3) is 0.600. The lowest BCUT2D eigenvalue weighted by Gasteiger charge is -2.09. The molecular formula is C10H17FO. The molecule has 2 heteroatoms. The van der Waals surface area contributed by atoms with Gasteiger partial charge in [0.15, 0.2) is 0 Å². The molecule has 0 radical (unpaired) electrons. The second-order valence-corrected chi connectivity index (χ2v) is 3.18. The van der Waals surface area contributed by atoms with E-state index in [1.165, 1.54) is 0 Å². The first-order valence-electron chi connectivity index (χ1n) is 4.13. The van der Waals surface area contributed by atoms with Crippen molar-refractivity contribution in [2.75, 3.05) is 6.67 Å². The highest BCUT2D eigenvalue weighted by atomic mass is 19.1. The van der Waals surface area contributed by atoms with Crippen LogP contribution in [0.3, 0.4) is 0 Å². The van der Waals surface area contributed by atoms with E-state index in [0.29, 0.717) is 5.76 Å². The fourth-order valence-electron chi connectivity index (χ4n) is 0.678. The van der Waals surface area contributed by atoms with E-state index in [0.717, 1.165) is 5.57 Å². The van der Waals surface area contributed by atoms with Crippen LogP contribution in [0.15, 0.2) is 23.5 Å². The lowest BCUT2D eigenvalue weighted by atomic mass is 10.3. The van der Waals surface area contributed by atoms with Gasteiger partial charge in [-0.15, -0.1) is 0 Å². The average molecular weight is 172 g/mol. The number of rotatable bonds is 4. The van der Waals surface area contributed by atoms with Crippen molar-refractivity contribution in [1.82, 2.24) is 0 Å². The third-order valence-electron chi connectivity index (χ3n) is 1.12. The van der Waals surface area contributed by atoms with Crippen molar-refractivity contribution in [3.63, 3.8) is 0 Å². The molecule has 70 valence electrons. The summed E-state index contributed by atoms with van der Waals surface area (Å²) >= 11 is 0. The van der Waals surface area contributed by atoms with Crippen LogP contribution >= 0.6 is 0 Å². The Morgan fingerprint density at radius 1 is 1.33 bits per heavy atom. The van der Waals surface area contributed by atoms with Gasteiger partial charge in [0.1, 0.15) is 12.4 Å². The van der Waals surface area contributed by atoms with Gasteiger partial charge in [-0.1, -0.05) is 11.6 Å². The van der Waals surface area contributed by atoms with Crippen LogP contribution in [-0.4, -0.2) is 12.8 Å². The first-order chi connectivity index (χ1) is 5.56. The fourth-order valence-corrected chi connectivity index (χ4v) is 0.678. The minimum Gasteiger partial charge on any atom is -0.493 e. The summed E-state index contributed by atoms with van der Waals surface area (Å²) in [6.07, 6.45) is 3.56. The van der Waals surface area contributed by atoms with E-state index in [1.807, 2.05) is 33.8 Å². The first-order valence-corrected chi connectivity index (χ1v) is 4.13. The molecule has 0 aromatic rings. The minimum atomic E-state index is -0.540. The topological polar surface area (TPSA) is 9.23 Å². The van der Waals surface area contributed by atoms with Crippen LogP contribution in [-0.2, 0) is 4.74 Å². The highest BCUT2D eigenvalue weighted by molar-refractivity contribution is 5.12. The number of halogens is 1. The van der Waals surface area contributed by atoms with Crippen molar-refractivity contribution in [3.05, 3.63) is 23.5 Å². The minimum absolute atomic E-state index is 0.0394. The van der Waals surface area contributed by atoms with Crippen LogP contribution in [0, 0.1) is 0 Å². The maximum atomic E-state index is 12.2. The van der Waals surface area contributed by atoms with Gasteiger partial charge in [0.25, 0.3) is 0 Å². The van der Waals surface area contributed by atoms with Gasteiger partial charge >= 0.3 is 0 Å². The van der Waals surface area contributed by atoms with E-state index in [-0.39, 0.29) is 6.10 Å². The molecule has 0 heterocycles. The van der Waals surface area contributed by atoms with Gasteiger partial charge in [0, 0.05) is 0 Å². The van der Waals surface area contributed by atoms with Gasteiger partial charge < -0.3 is 4.74 Å². The van der Waals surface area contributed by atoms with E-state index in [4.69, 9.17) is 4.74 Å². The molecule has 0 atom stereocenters. The van der Waals surface area contributed by atoms with Crippen molar-refractivity contribution in [2.24, 2.45) is 0 Å². The van der Waals surface area contributed by atoms with Crippen LogP contribution in [0.4, 0.5) is 4.39 Å². The monoisotopic (exact) mass is 172 g/mol. The lowest BCUT2D eigenvalue weighted by Crippen LogP contribution is -2.03. The molecule has 0 aromatic heterocycles. The Morgan fingerprint density at radius 3 is 2.25 bits per heavy atom. The summed E-state index contributed by atoms with van der Waals surface area (Å²) in [4.78, 5) is 0. The molecule has 0 amide bonds. The zero-order valence-corrected chi connectivity index (χ0v) is 8.23. The summed E-state index contributed by atoms with van der Waals surface area (Å²) < 4.78 is 17.4. The van der Waals surface area contributed by atoms with Crippen molar-refractivity contribution in [1.29, 1.82) is 0 Å². The number of allylic oxidation sites excluding steroid dienone is 4. The Hall–Kier alpha value is -0.790. The smallest absolute Gasteiger partial charge is 0.147 e. The molecule has 0 N–H and O–H groups in total. The van der Waals surface area contributed by atoms with E-state index in [1.54, 1.807) is 6.08 Å². The van der Waals surface area contributed by atoms with Crippen molar-refractivity contribution >= 4 is 0 Å². The van der Waals surface area contributed by atoms with E-state index in [9.17, 15) is 4.39 Å². The molecule has 0 rings (SSSR count). The Kier molecular flexibility index (Phi) is 5.43. The molecule has 0 unspecified atom stereocenters. The SMILES string of the molecule is CC(C)=C/C=C(\CF)OC(C)C. The lowest BCUT2D eigenvalue weighted by molar-refractivity contribution is 0.131. The summed E-state index contributed by atoms with van der Waals surface area (Å²) in [6, 6.07) is 0. The molecule has 0 saturated heterocycles. The number of alkyl halides is 1.